The molecule has 13 nitrogen and oxygen atoms in total. The van der Waals surface area contributed by atoms with Crippen LogP contribution in [0.3, 0.4) is 0 Å². The summed E-state index contributed by atoms with van der Waals surface area (Å²) in [7, 11) is -9.15. The number of anilines is 1. The van der Waals surface area contributed by atoms with Crippen molar-refractivity contribution in [3.63, 3.8) is 0 Å². The van der Waals surface area contributed by atoms with Crippen molar-refractivity contribution in [1.29, 1.82) is 0 Å². The van der Waals surface area contributed by atoms with Gasteiger partial charge >= 0.3 is 7.60 Å². The maximum atomic E-state index is 12.2. The number of ether oxygens (including phenoxy) is 1. The van der Waals surface area contributed by atoms with Gasteiger partial charge < -0.3 is 30.1 Å². The Balaban J connectivity index is 1.66. The van der Waals surface area contributed by atoms with E-state index in [1.54, 1.807) is 6.07 Å². The first-order valence-corrected chi connectivity index (χ1v) is 14.9. The van der Waals surface area contributed by atoms with E-state index >= 15 is 0 Å². The van der Waals surface area contributed by atoms with Gasteiger partial charge in [-0.25, -0.2) is 13.4 Å². The fourth-order valence-corrected chi connectivity index (χ4v) is 7.61. The standard InChI is InChI=1S/C20H28N5O8PS/c1-2-3-6-13-9-14(21-12-7-4-5-8-12)16-19(22-13)25(24-23-16)20-18(27)17(26)15(33-20)10-35(31,32)11-34(28,29)30/h9,12,15,17-18,20,26-27H,2,4-5,7-8,10-11H2,1H3,(H,21,22)(H2,28,29,30)/t15-,17-,18-,20-/m1/s1. The monoisotopic (exact) mass is 529 g/mol. The highest BCUT2D eigenvalue weighted by molar-refractivity contribution is 7.97. The largest absolute Gasteiger partial charge is 0.387 e. The fourth-order valence-electron chi connectivity index (χ4n) is 4.36. The summed E-state index contributed by atoms with van der Waals surface area (Å²) in [5.41, 5.74) is 0.348. The summed E-state index contributed by atoms with van der Waals surface area (Å²) < 4.78 is 42.3. The first-order valence-electron chi connectivity index (χ1n) is 11.3. The smallest absolute Gasteiger partial charge is 0.340 e. The van der Waals surface area contributed by atoms with E-state index in [9.17, 15) is 23.2 Å². The lowest BCUT2D eigenvalue weighted by Crippen LogP contribution is -2.36. The number of nitrogens with one attached hydrogen (secondary N) is 1. The predicted octanol–water partition coefficient (Wildman–Crippen LogP) is 0.111. The first-order chi connectivity index (χ1) is 16.5. The van der Waals surface area contributed by atoms with Crippen molar-refractivity contribution in [2.75, 3.05) is 16.6 Å². The Kier molecular flexibility index (Phi) is 7.49. The van der Waals surface area contributed by atoms with E-state index in [0.29, 0.717) is 23.3 Å². The van der Waals surface area contributed by atoms with Gasteiger partial charge in [0.25, 0.3) is 0 Å². The second kappa shape index (κ2) is 10.1. The zero-order chi connectivity index (χ0) is 25.4. The van der Waals surface area contributed by atoms with E-state index in [-0.39, 0.29) is 11.7 Å². The van der Waals surface area contributed by atoms with Gasteiger partial charge in [-0.15, -0.1) is 5.10 Å². The number of aliphatic hydroxyl groups excluding tert-OH is 2. The molecule has 2 fully saturated rings. The number of sulfone groups is 1. The van der Waals surface area contributed by atoms with Crippen molar-refractivity contribution in [3.8, 4) is 11.8 Å². The van der Waals surface area contributed by atoms with Crippen molar-refractivity contribution in [3.05, 3.63) is 11.8 Å². The molecular formula is C20H28N5O8PS. The van der Waals surface area contributed by atoms with Gasteiger partial charge in [0.05, 0.1) is 11.4 Å². The molecule has 15 heteroatoms. The lowest BCUT2D eigenvalue weighted by atomic mass is 10.1. The molecule has 2 aromatic heterocycles. The van der Waals surface area contributed by atoms with Crippen LogP contribution < -0.4 is 5.32 Å². The van der Waals surface area contributed by atoms with Crippen molar-refractivity contribution >= 4 is 34.3 Å². The van der Waals surface area contributed by atoms with E-state index in [0.717, 1.165) is 30.4 Å². The number of nitrogens with zero attached hydrogens (tertiary/aromatic N) is 4. The van der Waals surface area contributed by atoms with Gasteiger partial charge in [0.2, 0.25) is 0 Å². The Hall–Kier alpha value is -2.11. The number of aliphatic hydroxyl groups is 2. The number of hydrogen-bond acceptors (Lipinski definition) is 10. The molecule has 2 aromatic rings. The molecule has 192 valence electrons. The molecule has 0 unspecified atom stereocenters. The maximum absolute atomic E-state index is 12.2. The van der Waals surface area contributed by atoms with Crippen molar-refractivity contribution < 1.29 is 37.7 Å². The van der Waals surface area contributed by atoms with Crippen molar-refractivity contribution in [1.82, 2.24) is 20.0 Å². The molecule has 0 spiro atoms. The molecule has 0 bridgehead atoms. The number of fused-ring (bicyclic) bond motifs is 1. The molecule has 4 rings (SSSR count). The number of pyridine rings is 1. The highest BCUT2D eigenvalue weighted by atomic mass is 32.2. The van der Waals surface area contributed by atoms with Crippen LogP contribution in [0.25, 0.3) is 11.2 Å². The first kappa shape index (κ1) is 26.0. The maximum Gasteiger partial charge on any atom is 0.340 e. The summed E-state index contributed by atoms with van der Waals surface area (Å²) in [6.07, 6.45) is -1.13. The predicted molar refractivity (Wildman–Crippen MR) is 125 cm³/mol. The molecule has 2 aliphatic rings. The minimum Gasteiger partial charge on any atom is -0.387 e. The Morgan fingerprint density at radius 1 is 1.26 bits per heavy atom. The van der Waals surface area contributed by atoms with Crippen LogP contribution in [0.1, 0.15) is 50.9 Å². The summed E-state index contributed by atoms with van der Waals surface area (Å²) in [6.45, 7) is 1.90. The summed E-state index contributed by atoms with van der Waals surface area (Å²) in [4.78, 5) is 22.5. The minimum absolute atomic E-state index is 0.225. The second-order valence-electron chi connectivity index (χ2n) is 8.79. The number of aromatic nitrogens is 4. The Labute approximate surface area is 202 Å². The molecular weight excluding hydrogens is 501 g/mol. The van der Waals surface area contributed by atoms with Gasteiger partial charge in [-0.3, -0.25) is 4.57 Å². The van der Waals surface area contributed by atoms with Crippen LogP contribution in [-0.4, -0.2) is 84.0 Å². The van der Waals surface area contributed by atoms with Gasteiger partial charge in [-0.1, -0.05) is 30.9 Å². The van der Waals surface area contributed by atoms with Crippen LogP contribution in [0.15, 0.2) is 6.07 Å². The average Bonchev–Trinajstić information content (AvgIpc) is 3.47. The third-order valence-corrected chi connectivity index (χ3v) is 9.66. The third-order valence-electron chi connectivity index (χ3n) is 5.90. The Morgan fingerprint density at radius 2 is 1.97 bits per heavy atom. The lowest BCUT2D eigenvalue weighted by molar-refractivity contribution is -0.0375. The van der Waals surface area contributed by atoms with Gasteiger partial charge in [0, 0.05) is 12.5 Å². The van der Waals surface area contributed by atoms with Crippen LogP contribution >= 0.6 is 7.60 Å². The topological polar surface area (TPSA) is 197 Å². The molecule has 5 N–H and O–H groups in total. The molecule has 1 saturated heterocycles. The lowest BCUT2D eigenvalue weighted by Gasteiger charge is -2.16. The molecule has 3 heterocycles. The van der Waals surface area contributed by atoms with E-state index in [1.165, 1.54) is 0 Å². The SMILES string of the molecule is CCC#Cc1cc(NC2CCCC2)c2nnn([C@@H]3O[C@H](CS(=O)(=O)CP(=O)(O)O)[C@@H](O)[C@H]3O)c2n1. The van der Waals surface area contributed by atoms with Gasteiger partial charge in [0.15, 0.2) is 32.7 Å². The summed E-state index contributed by atoms with van der Waals surface area (Å²) in [5.74, 6) is 5.03. The highest BCUT2D eigenvalue weighted by Crippen LogP contribution is 2.38. The number of rotatable bonds is 7. The molecule has 1 saturated carbocycles. The highest BCUT2D eigenvalue weighted by Gasteiger charge is 2.47. The molecule has 0 amide bonds. The minimum atomic E-state index is -4.85. The third kappa shape index (κ3) is 6.00. The number of hydrogen-bond donors (Lipinski definition) is 5. The van der Waals surface area contributed by atoms with Crippen LogP contribution in [0.2, 0.25) is 0 Å². The van der Waals surface area contributed by atoms with E-state index in [2.05, 4.69) is 32.5 Å². The van der Waals surface area contributed by atoms with E-state index in [4.69, 9.17) is 14.5 Å². The van der Waals surface area contributed by atoms with Gasteiger partial charge in [0.1, 0.15) is 24.0 Å². The average molecular weight is 530 g/mol. The molecule has 1 aliphatic heterocycles. The van der Waals surface area contributed by atoms with Crippen LogP contribution in [0.4, 0.5) is 5.69 Å². The normalized spacial score (nSPS) is 25.6. The summed E-state index contributed by atoms with van der Waals surface area (Å²) in [5, 5.41) is 32.7. The molecule has 0 aromatic carbocycles. The van der Waals surface area contributed by atoms with Crippen molar-refractivity contribution in [2.45, 2.75) is 69.6 Å². The molecule has 35 heavy (non-hydrogen) atoms. The Bertz CT molecular complexity index is 1290. The van der Waals surface area contributed by atoms with Crippen LogP contribution in [0.5, 0.6) is 0 Å². The van der Waals surface area contributed by atoms with Gasteiger partial charge in [-0.05, 0) is 24.8 Å². The molecule has 1 aliphatic carbocycles. The van der Waals surface area contributed by atoms with Gasteiger partial charge in [-0.2, -0.15) is 4.68 Å². The second-order valence-corrected chi connectivity index (χ2v) is 13.0. The zero-order valence-electron chi connectivity index (χ0n) is 19.0. The van der Waals surface area contributed by atoms with Crippen molar-refractivity contribution in [2.24, 2.45) is 0 Å². The molecule has 0 radical (unpaired) electrons. The summed E-state index contributed by atoms with van der Waals surface area (Å²) >= 11 is 0. The quantitative estimate of drug-likeness (QED) is 0.240. The Morgan fingerprint density at radius 3 is 2.63 bits per heavy atom. The molecule has 4 atom stereocenters. The van der Waals surface area contributed by atoms with Crippen LogP contribution in [0, 0.1) is 11.8 Å². The van der Waals surface area contributed by atoms with E-state index in [1.807, 2.05) is 6.92 Å². The fraction of sp³-hybridized carbons (Fsp3) is 0.650. The summed E-state index contributed by atoms with van der Waals surface area (Å²) in [6, 6.07) is 2.04. The zero-order valence-corrected chi connectivity index (χ0v) is 20.7. The van der Waals surface area contributed by atoms with Crippen LogP contribution in [-0.2, 0) is 19.1 Å². The van der Waals surface area contributed by atoms with E-state index < -0.39 is 53.2 Å².